The Morgan fingerprint density at radius 3 is 2.62 bits per heavy atom. The van der Waals surface area contributed by atoms with E-state index in [4.69, 9.17) is 16.3 Å². The lowest BCUT2D eigenvalue weighted by molar-refractivity contribution is 0.0635. The number of anilines is 1. The van der Waals surface area contributed by atoms with Crippen molar-refractivity contribution in [2.75, 3.05) is 18.4 Å². The van der Waals surface area contributed by atoms with Gasteiger partial charge in [-0.3, -0.25) is 5.32 Å². The summed E-state index contributed by atoms with van der Waals surface area (Å²) in [6.07, 6.45) is 1.66. The quantitative estimate of drug-likeness (QED) is 0.862. The topological polar surface area (TPSA) is 50.4 Å². The van der Waals surface area contributed by atoms with Crippen molar-refractivity contribution in [3.05, 3.63) is 28.8 Å². The maximum Gasteiger partial charge on any atom is 0.412 e. The minimum Gasteiger partial charge on any atom is -0.444 e. The number of hydrogen-bond donors (Lipinski definition) is 2. The van der Waals surface area contributed by atoms with Crippen molar-refractivity contribution in [2.45, 2.75) is 45.1 Å². The Kier molecular flexibility index (Phi) is 5.12. The Balaban J connectivity index is 2.16. The largest absolute Gasteiger partial charge is 0.444 e. The highest BCUT2D eigenvalue weighted by Gasteiger charge is 2.21. The van der Waals surface area contributed by atoms with Crippen LogP contribution in [0.25, 0.3) is 0 Å². The van der Waals surface area contributed by atoms with E-state index in [2.05, 4.69) is 10.6 Å². The van der Waals surface area contributed by atoms with Crippen molar-refractivity contribution in [3.63, 3.8) is 0 Å². The van der Waals surface area contributed by atoms with Crippen molar-refractivity contribution in [2.24, 2.45) is 0 Å². The van der Waals surface area contributed by atoms with Gasteiger partial charge in [-0.05, 0) is 76.4 Å². The molecular weight excluding hydrogens is 288 g/mol. The summed E-state index contributed by atoms with van der Waals surface area (Å²) in [5.41, 5.74) is 1.38. The van der Waals surface area contributed by atoms with E-state index in [1.165, 1.54) is 0 Å². The first-order valence-electron chi connectivity index (χ1n) is 7.35. The number of nitrogens with one attached hydrogen (secondary N) is 2. The molecule has 4 nitrogen and oxygen atoms in total. The maximum absolute atomic E-state index is 12.0. The number of hydrogen-bond acceptors (Lipinski definition) is 3. The average Bonchev–Trinajstić information content (AvgIpc) is 2.40. The molecule has 0 spiro atoms. The van der Waals surface area contributed by atoms with Gasteiger partial charge in [0.2, 0.25) is 0 Å². The van der Waals surface area contributed by atoms with Crippen molar-refractivity contribution >= 4 is 23.4 Å². The summed E-state index contributed by atoms with van der Waals surface area (Å²) in [6, 6.07) is 5.59. The minimum atomic E-state index is -0.509. The van der Waals surface area contributed by atoms with Gasteiger partial charge >= 0.3 is 6.09 Å². The predicted molar refractivity (Wildman–Crippen MR) is 86.2 cm³/mol. The lowest BCUT2D eigenvalue weighted by Crippen LogP contribution is -2.29. The SMILES string of the molecule is CC(C)(C)OC(=O)Nc1ccc(Cl)cc1C1CCNCC1. The Hall–Kier alpha value is -1.26. The van der Waals surface area contributed by atoms with Crippen LogP contribution in [0, 0.1) is 0 Å². The molecule has 1 aromatic rings. The van der Waals surface area contributed by atoms with E-state index < -0.39 is 11.7 Å². The summed E-state index contributed by atoms with van der Waals surface area (Å²) in [6.45, 7) is 7.53. The van der Waals surface area contributed by atoms with E-state index in [0.717, 1.165) is 37.2 Å². The zero-order chi connectivity index (χ0) is 15.5. The Morgan fingerprint density at radius 1 is 1.33 bits per heavy atom. The molecule has 0 atom stereocenters. The second kappa shape index (κ2) is 6.67. The number of piperidine rings is 1. The van der Waals surface area contributed by atoms with Gasteiger partial charge in [0.05, 0.1) is 0 Å². The van der Waals surface area contributed by atoms with E-state index in [1.807, 2.05) is 32.9 Å². The van der Waals surface area contributed by atoms with Crippen molar-refractivity contribution in [1.29, 1.82) is 0 Å². The summed E-state index contributed by atoms with van der Waals surface area (Å²) in [7, 11) is 0. The molecule has 1 saturated heterocycles. The number of amides is 1. The van der Waals surface area contributed by atoms with Crippen LogP contribution < -0.4 is 10.6 Å². The van der Waals surface area contributed by atoms with E-state index in [0.29, 0.717) is 10.9 Å². The minimum absolute atomic E-state index is 0.412. The average molecular weight is 311 g/mol. The second-order valence-electron chi connectivity index (χ2n) is 6.38. The second-order valence-corrected chi connectivity index (χ2v) is 6.82. The Labute approximate surface area is 131 Å². The van der Waals surface area contributed by atoms with Gasteiger partial charge in [0.1, 0.15) is 5.60 Å². The van der Waals surface area contributed by atoms with Crippen molar-refractivity contribution in [3.8, 4) is 0 Å². The summed E-state index contributed by atoms with van der Waals surface area (Å²) in [5.74, 6) is 0.412. The number of carbonyl (C=O) groups excluding carboxylic acids is 1. The van der Waals surface area contributed by atoms with Gasteiger partial charge in [0.15, 0.2) is 0 Å². The summed E-state index contributed by atoms with van der Waals surface area (Å²) in [5, 5.41) is 6.89. The smallest absolute Gasteiger partial charge is 0.412 e. The molecule has 0 aromatic heterocycles. The first-order valence-corrected chi connectivity index (χ1v) is 7.73. The van der Waals surface area contributed by atoms with E-state index >= 15 is 0 Å². The van der Waals surface area contributed by atoms with Gasteiger partial charge in [-0.15, -0.1) is 0 Å². The predicted octanol–water partition coefficient (Wildman–Crippen LogP) is 4.15. The number of halogens is 1. The zero-order valence-corrected chi connectivity index (χ0v) is 13.6. The van der Waals surface area contributed by atoms with Crippen LogP contribution in [0.5, 0.6) is 0 Å². The third-order valence-corrected chi connectivity index (χ3v) is 3.66. The van der Waals surface area contributed by atoms with Crippen molar-refractivity contribution < 1.29 is 9.53 Å². The number of benzene rings is 1. The van der Waals surface area contributed by atoms with Crippen LogP contribution in [0.3, 0.4) is 0 Å². The Morgan fingerprint density at radius 2 is 2.00 bits per heavy atom. The standard InChI is InChI=1S/C16H23ClN2O2/c1-16(2,3)21-15(20)19-14-5-4-12(17)10-13(14)11-6-8-18-9-7-11/h4-5,10-11,18H,6-9H2,1-3H3,(H,19,20). The van der Waals surface area contributed by atoms with Gasteiger partial charge in [0, 0.05) is 10.7 Å². The molecule has 1 aliphatic heterocycles. The van der Waals surface area contributed by atoms with Gasteiger partial charge in [0.25, 0.3) is 0 Å². The van der Waals surface area contributed by atoms with Gasteiger partial charge in [-0.1, -0.05) is 11.6 Å². The molecule has 0 saturated carbocycles. The van der Waals surface area contributed by atoms with E-state index in [9.17, 15) is 4.79 Å². The molecule has 1 aromatic carbocycles. The molecule has 1 aliphatic rings. The van der Waals surface area contributed by atoms with Gasteiger partial charge < -0.3 is 10.1 Å². The van der Waals surface area contributed by atoms with Crippen LogP contribution in [-0.4, -0.2) is 24.8 Å². The lowest BCUT2D eigenvalue weighted by atomic mass is 9.89. The molecule has 1 heterocycles. The highest BCUT2D eigenvalue weighted by atomic mass is 35.5. The fourth-order valence-corrected chi connectivity index (χ4v) is 2.71. The summed E-state index contributed by atoms with van der Waals surface area (Å²) >= 11 is 6.12. The first-order chi connectivity index (χ1) is 9.85. The summed E-state index contributed by atoms with van der Waals surface area (Å²) < 4.78 is 5.32. The molecule has 0 unspecified atom stereocenters. The van der Waals surface area contributed by atoms with Gasteiger partial charge in [-0.2, -0.15) is 0 Å². The normalized spacial score (nSPS) is 16.6. The molecule has 0 radical (unpaired) electrons. The number of ether oxygens (including phenoxy) is 1. The maximum atomic E-state index is 12.0. The molecule has 1 fully saturated rings. The molecule has 2 N–H and O–H groups in total. The van der Waals surface area contributed by atoms with Crippen molar-refractivity contribution in [1.82, 2.24) is 5.32 Å². The van der Waals surface area contributed by atoms with Crippen LogP contribution in [0.15, 0.2) is 18.2 Å². The summed E-state index contributed by atoms with van der Waals surface area (Å²) in [4.78, 5) is 12.0. The van der Waals surface area contributed by atoms with Crippen LogP contribution in [-0.2, 0) is 4.74 Å². The molecule has 0 aliphatic carbocycles. The van der Waals surface area contributed by atoms with Gasteiger partial charge in [-0.25, -0.2) is 4.79 Å². The van der Waals surface area contributed by atoms with Crippen LogP contribution >= 0.6 is 11.6 Å². The van der Waals surface area contributed by atoms with Crippen LogP contribution in [0.4, 0.5) is 10.5 Å². The highest BCUT2D eigenvalue weighted by Crippen LogP contribution is 2.33. The fourth-order valence-electron chi connectivity index (χ4n) is 2.53. The molecule has 116 valence electrons. The number of carbonyl (C=O) groups is 1. The molecule has 21 heavy (non-hydrogen) atoms. The van der Waals surface area contributed by atoms with Crippen LogP contribution in [0.1, 0.15) is 45.1 Å². The number of rotatable bonds is 2. The highest BCUT2D eigenvalue weighted by molar-refractivity contribution is 6.30. The third kappa shape index (κ3) is 4.90. The third-order valence-electron chi connectivity index (χ3n) is 3.43. The molecule has 5 heteroatoms. The Bertz CT molecular complexity index is 505. The molecule has 2 rings (SSSR count). The lowest BCUT2D eigenvalue weighted by Gasteiger charge is -2.26. The monoisotopic (exact) mass is 310 g/mol. The molecule has 1 amide bonds. The van der Waals surface area contributed by atoms with E-state index in [1.54, 1.807) is 6.07 Å². The zero-order valence-electron chi connectivity index (χ0n) is 12.8. The molecule has 0 bridgehead atoms. The fraction of sp³-hybridized carbons (Fsp3) is 0.562. The van der Waals surface area contributed by atoms with Crippen LogP contribution in [0.2, 0.25) is 5.02 Å². The first kappa shape index (κ1) is 16.1. The molecular formula is C16H23ClN2O2. The van der Waals surface area contributed by atoms with E-state index in [-0.39, 0.29) is 0 Å².